The Kier molecular flexibility index (Phi) is 1.29. The zero-order valence-electron chi connectivity index (χ0n) is 5.70. The smallest absolute Gasteiger partial charge is 0.342 e. The standard InChI is InChI=1S/C7H6O4/c8-6-2-4(7(9)11-6)1-5-3-10-5/h2,5H,1,3H2. The van der Waals surface area contributed by atoms with Crippen molar-refractivity contribution in [3.8, 4) is 0 Å². The van der Waals surface area contributed by atoms with Crippen LogP contribution in [0.4, 0.5) is 0 Å². The minimum Gasteiger partial charge on any atom is -0.386 e. The van der Waals surface area contributed by atoms with E-state index >= 15 is 0 Å². The number of carbonyl (C=O) groups excluding carboxylic acids is 2. The zero-order valence-corrected chi connectivity index (χ0v) is 5.70. The van der Waals surface area contributed by atoms with Crippen molar-refractivity contribution in [2.45, 2.75) is 12.5 Å². The summed E-state index contributed by atoms with van der Waals surface area (Å²) in [5, 5.41) is 0. The molecule has 1 fully saturated rings. The number of ether oxygens (including phenoxy) is 2. The number of rotatable bonds is 2. The number of carbonyl (C=O) groups is 2. The van der Waals surface area contributed by atoms with E-state index < -0.39 is 11.9 Å². The van der Waals surface area contributed by atoms with Crippen molar-refractivity contribution < 1.29 is 19.1 Å². The van der Waals surface area contributed by atoms with E-state index in [9.17, 15) is 9.59 Å². The van der Waals surface area contributed by atoms with Crippen LogP contribution >= 0.6 is 0 Å². The van der Waals surface area contributed by atoms with Crippen LogP contribution in [0.25, 0.3) is 0 Å². The molecule has 4 heteroatoms. The molecule has 2 rings (SSSR count). The Balaban J connectivity index is 2.04. The molecule has 4 nitrogen and oxygen atoms in total. The Hall–Kier alpha value is -1.16. The molecule has 1 unspecified atom stereocenters. The van der Waals surface area contributed by atoms with Gasteiger partial charge in [-0.3, -0.25) is 0 Å². The van der Waals surface area contributed by atoms with E-state index in [0.717, 1.165) is 0 Å². The maximum absolute atomic E-state index is 10.8. The van der Waals surface area contributed by atoms with Gasteiger partial charge in [-0.1, -0.05) is 0 Å². The molecule has 0 aromatic carbocycles. The first-order valence-electron chi connectivity index (χ1n) is 3.34. The van der Waals surface area contributed by atoms with Gasteiger partial charge in [0, 0.05) is 18.1 Å². The van der Waals surface area contributed by atoms with Gasteiger partial charge in [-0.2, -0.15) is 0 Å². The van der Waals surface area contributed by atoms with Crippen LogP contribution in [0.2, 0.25) is 0 Å². The van der Waals surface area contributed by atoms with Crippen molar-refractivity contribution in [2.75, 3.05) is 6.61 Å². The maximum Gasteiger partial charge on any atom is 0.342 e. The number of hydrogen-bond acceptors (Lipinski definition) is 4. The fourth-order valence-corrected chi connectivity index (χ4v) is 0.961. The van der Waals surface area contributed by atoms with Crippen LogP contribution in [-0.4, -0.2) is 24.6 Å². The highest BCUT2D eigenvalue weighted by Gasteiger charge is 2.31. The zero-order chi connectivity index (χ0) is 7.84. The topological polar surface area (TPSA) is 55.9 Å². The quantitative estimate of drug-likeness (QED) is 0.313. The van der Waals surface area contributed by atoms with Gasteiger partial charge < -0.3 is 9.47 Å². The number of esters is 2. The van der Waals surface area contributed by atoms with E-state index in [0.29, 0.717) is 18.6 Å². The van der Waals surface area contributed by atoms with Gasteiger partial charge in [-0.25, -0.2) is 9.59 Å². The minimum atomic E-state index is -0.564. The second-order valence-corrected chi connectivity index (χ2v) is 2.54. The monoisotopic (exact) mass is 154 g/mol. The van der Waals surface area contributed by atoms with E-state index in [1.165, 1.54) is 6.08 Å². The van der Waals surface area contributed by atoms with Crippen LogP contribution in [0.5, 0.6) is 0 Å². The van der Waals surface area contributed by atoms with Crippen molar-refractivity contribution in [3.05, 3.63) is 11.6 Å². The lowest BCUT2D eigenvalue weighted by atomic mass is 10.1. The van der Waals surface area contributed by atoms with E-state index in [1.54, 1.807) is 0 Å². The van der Waals surface area contributed by atoms with Gasteiger partial charge in [-0.15, -0.1) is 0 Å². The van der Waals surface area contributed by atoms with Gasteiger partial charge in [0.15, 0.2) is 0 Å². The number of cyclic esters (lactones) is 2. The van der Waals surface area contributed by atoms with Crippen molar-refractivity contribution in [3.63, 3.8) is 0 Å². The molecule has 2 heterocycles. The number of epoxide rings is 1. The van der Waals surface area contributed by atoms with Gasteiger partial charge >= 0.3 is 11.9 Å². The van der Waals surface area contributed by atoms with E-state index in [-0.39, 0.29) is 6.10 Å². The maximum atomic E-state index is 10.8. The molecular formula is C7H6O4. The van der Waals surface area contributed by atoms with Crippen molar-refractivity contribution in [2.24, 2.45) is 0 Å². The van der Waals surface area contributed by atoms with Crippen LogP contribution in [0.1, 0.15) is 6.42 Å². The van der Waals surface area contributed by atoms with Crippen LogP contribution in [0.3, 0.4) is 0 Å². The van der Waals surface area contributed by atoms with Gasteiger partial charge in [0.25, 0.3) is 0 Å². The lowest BCUT2D eigenvalue weighted by Crippen LogP contribution is -2.03. The van der Waals surface area contributed by atoms with Crippen LogP contribution in [0, 0.1) is 0 Å². The summed E-state index contributed by atoms with van der Waals surface area (Å²) in [6.45, 7) is 0.679. The van der Waals surface area contributed by atoms with Gasteiger partial charge in [0.05, 0.1) is 12.7 Å². The highest BCUT2D eigenvalue weighted by Crippen LogP contribution is 2.22. The largest absolute Gasteiger partial charge is 0.386 e. The van der Waals surface area contributed by atoms with Gasteiger partial charge in [0.2, 0.25) is 0 Å². The van der Waals surface area contributed by atoms with Crippen LogP contribution < -0.4 is 0 Å². The van der Waals surface area contributed by atoms with Gasteiger partial charge in [-0.05, 0) is 0 Å². The molecule has 2 aliphatic heterocycles. The Labute approximate surface area is 62.8 Å². The molecule has 1 atom stereocenters. The van der Waals surface area contributed by atoms with Crippen LogP contribution in [-0.2, 0) is 19.1 Å². The van der Waals surface area contributed by atoms with E-state index in [4.69, 9.17) is 4.74 Å². The second-order valence-electron chi connectivity index (χ2n) is 2.54. The highest BCUT2D eigenvalue weighted by molar-refractivity contribution is 6.08. The summed E-state index contributed by atoms with van der Waals surface area (Å²) in [4.78, 5) is 21.3. The molecule has 0 aliphatic carbocycles. The summed E-state index contributed by atoms with van der Waals surface area (Å²) in [7, 11) is 0. The second kappa shape index (κ2) is 2.17. The number of hydrogen-bond donors (Lipinski definition) is 0. The minimum absolute atomic E-state index is 0.125. The summed E-state index contributed by atoms with van der Waals surface area (Å²) in [6, 6.07) is 0. The fourth-order valence-electron chi connectivity index (χ4n) is 0.961. The van der Waals surface area contributed by atoms with E-state index in [1.807, 2.05) is 0 Å². The lowest BCUT2D eigenvalue weighted by molar-refractivity contribution is -0.150. The molecule has 0 aromatic rings. The van der Waals surface area contributed by atoms with Gasteiger partial charge in [0.1, 0.15) is 0 Å². The normalized spacial score (nSPS) is 28.4. The first-order valence-corrected chi connectivity index (χ1v) is 3.34. The Morgan fingerprint density at radius 3 is 2.73 bits per heavy atom. The molecule has 0 N–H and O–H groups in total. The Morgan fingerprint density at radius 1 is 1.55 bits per heavy atom. The summed E-state index contributed by atoms with van der Waals surface area (Å²) in [5.74, 6) is -1.09. The molecule has 0 radical (unpaired) electrons. The van der Waals surface area contributed by atoms with Crippen molar-refractivity contribution in [1.82, 2.24) is 0 Å². The predicted octanol–water partition coefficient (Wildman–Crippen LogP) is -0.215. The average Bonchev–Trinajstić information content (AvgIpc) is 2.64. The summed E-state index contributed by atoms with van der Waals surface area (Å²) >= 11 is 0. The SMILES string of the molecule is O=C1C=C(CC2CO2)C(=O)O1. The molecule has 0 spiro atoms. The molecule has 0 amide bonds. The third kappa shape index (κ3) is 1.30. The third-order valence-electron chi connectivity index (χ3n) is 1.60. The fraction of sp³-hybridized carbons (Fsp3) is 0.429. The first-order chi connectivity index (χ1) is 5.25. The molecule has 11 heavy (non-hydrogen) atoms. The molecule has 58 valence electrons. The molecule has 0 aromatic heterocycles. The molecule has 0 bridgehead atoms. The molecule has 2 aliphatic rings. The van der Waals surface area contributed by atoms with Crippen molar-refractivity contribution >= 4 is 11.9 Å². The Morgan fingerprint density at radius 2 is 2.27 bits per heavy atom. The Bertz CT molecular complexity index is 249. The lowest BCUT2D eigenvalue weighted by Gasteiger charge is -1.91. The van der Waals surface area contributed by atoms with E-state index in [2.05, 4.69) is 4.74 Å². The third-order valence-corrected chi connectivity index (χ3v) is 1.60. The van der Waals surface area contributed by atoms with Crippen LogP contribution in [0.15, 0.2) is 11.6 Å². The first kappa shape index (κ1) is 6.54. The highest BCUT2D eigenvalue weighted by atomic mass is 16.6. The summed E-state index contributed by atoms with van der Waals surface area (Å²) in [6.07, 6.45) is 1.86. The summed E-state index contributed by atoms with van der Waals surface area (Å²) in [5.41, 5.74) is 0.428. The molecular weight excluding hydrogens is 148 g/mol. The van der Waals surface area contributed by atoms with Crippen molar-refractivity contribution in [1.29, 1.82) is 0 Å². The average molecular weight is 154 g/mol. The molecule has 0 saturated carbocycles. The summed E-state index contributed by atoms with van der Waals surface area (Å²) < 4.78 is 9.17. The predicted molar refractivity (Wildman–Crippen MR) is 33.5 cm³/mol. The molecule has 1 saturated heterocycles.